The van der Waals surface area contributed by atoms with Gasteiger partial charge < -0.3 is 5.73 Å². The molecule has 2 N–H and O–H groups in total. The minimum atomic E-state index is -3.44. The van der Waals surface area contributed by atoms with E-state index in [2.05, 4.69) is 0 Å². The quantitative estimate of drug-likeness (QED) is 0.782. The molecule has 2 rings (SSSR count). The Balaban J connectivity index is 2.34. The molecular weight excluding hydrogens is 304 g/mol. The summed E-state index contributed by atoms with van der Waals surface area (Å²) >= 11 is 4.93. The molecule has 1 aromatic carbocycles. The Morgan fingerprint density at radius 2 is 2.10 bits per heavy atom. The van der Waals surface area contributed by atoms with Gasteiger partial charge in [-0.25, -0.2) is 8.42 Å². The fraction of sp³-hybridized carbons (Fsp3) is 0.533. The molecule has 0 bridgehead atoms. The van der Waals surface area contributed by atoms with Crippen LogP contribution in [0.4, 0.5) is 0 Å². The lowest BCUT2D eigenvalue weighted by molar-refractivity contribution is 0.395. The second kappa shape index (κ2) is 6.42. The van der Waals surface area contributed by atoms with E-state index in [0.717, 1.165) is 19.3 Å². The van der Waals surface area contributed by atoms with Gasteiger partial charge in [0.05, 0.1) is 4.90 Å². The maximum absolute atomic E-state index is 12.8. The van der Waals surface area contributed by atoms with Crippen molar-refractivity contribution in [2.24, 2.45) is 11.7 Å². The average molecular weight is 326 g/mol. The Kier molecular flexibility index (Phi) is 5.01. The highest BCUT2D eigenvalue weighted by atomic mass is 32.2. The number of hydrogen-bond donors (Lipinski definition) is 1. The van der Waals surface area contributed by atoms with Crippen molar-refractivity contribution in [2.45, 2.75) is 38.0 Å². The highest BCUT2D eigenvalue weighted by molar-refractivity contribution is 7.89. The SMILES string of the molecule is CCCN(CC1CC1)S(=O)(=O)c1ccc(C(N)=S)cc1C. The van der Waals surface area contributed by atoms with Gasteiger partial charge >= 0.3 is 0 Å². The minimum Gasteiger partial charge on any atom is -0.389 e. The first-order chi connectivity index (χ1) is 9.86. The van der Waals surface area contributed by atoms with Gasteiger partial charge in [-0.05, 0) is 49.8 Å². The van der Waals surface area contributed by atoms with E-state index < -0.39 is 10.0 Å². The standard InChI is InChI=1S/C15H22N2O2S2/c1-3-8-17(10-12-4-5-12)21(18,19)14-7-6-13(15(16)20)9-11(14)2/h6-7,9,12H,3-5,8,10H2,1-2H3,(H2,16,20). The molecule has 0 amide bonds. The zero-order chi connectivity index (χ0) is 15.6. The predicted molar refractivity (Wildman–Crippen MR) is 88.8 cm³/mol. The number of aryl methyl sites for hydroxylation is 1. The maximum Gasteiger partial charge on any atom is 0.243 e. The largest absolute Gasteiger partial charge is 0.389 e. The van der Waals surface area contributed by atoms with E-state index in [1.54, 1.807) is 29.4 Å². The molecule has 0 aliphatic heterocycles. The van der Waals surface area contributed by atoms with Crippen molar-refractivity contribution in [3.8, 4) is 0 Å². The van der Waals surface area contributed by atoms with E-state index in [4.69, 9.17) is 18.0 Å². The minimum absolute atomic E-state index is 0.283. The van der Waals surface area contributed by atoms with Gasteiger partial charge in [0.25, 0.3) is 0 Å². The third kappa shape index (κ3) is 3.81. The molecular formula is C15H22N2O2S2. The number of thiocarbonyl (C=S) groups is 1. The van der Waals surface area contributed by atoms with Gasteiger partial charge in [-0.15, -0.1) is 0 Å². The summed E-state index contributed by atoms with van der Waals surface area (Å²) in [7, 11) is -3.44. The molecule has 6 heteroatoms. The molecule has 0 aromatic heterocycles. The van der Waals surface area contributed by atoms with E-state index in [0.29, 0.717) is 35.0 Å². The lowest BCUT2D eigenvalue weighted by Crippen LogP contribution is -2.34. The van der Waals surface area contributed by atoms with Crippen LogP contribution in [0.2, 0.25) is 0 Å². The van der Waals surface area contributed by atoms with Crippen LogP contribution in [0.25, 0.3) is 0 Å². The summed E-state index contributed by atoms with van der Waals surface area (Å²) in [5, 5.41) is 0. The maximum atomic E-state index is 12.8. The Morgan fingerprint density at radius 1 is 1.43 bits per heavy atom. The van der Waals surface area contributed by atoms with Crippen LogP contribution in [0.3, 0.4) is 0 Å². The molecule has 0 spiro atoms. The highest BCUT2D eigenvalue weighted by Gasteiger charge is 2.31. The van der Waals surface area contributed by atoms with Crippen molar-refractivity contribution in [2.75, 3.05) is 13.1 Å². The topological polar surface area (TPSA) is 63.4 Å². The highest BCUT2D eigenvalue weighted by Crippen LogP contribution is 2.32. The molecule has 0 atom stereocenters. The lowest BCUT2D eigenvalue weighted by Gasteiger charge is -2.22. The molecule has 0 heterocycles. The second-order valence-electron chi connectivity index (χ2n) is 5.65. The smallest absolute Gasteiger partial charge is 0.243 e. The molecule has 4 nitrogen and oxygen atoms in total. The van der Waals surface area contributed by atoms with E-state index in [-0.39, 0.29) is 4.99 Å². The van der Waals surface area contributed by atoms with Gasteiger partial charge in [0.2, 0.25) is 10.0 Å². The Hall–Kier alpha value is -0.980. The molecule has 1 aromatic rings. The number of benzene rings is 1. The summed E-state index contributed by atoms with van der Waals surface area (Å²) < 4.78 is 27.3. The summed E-state index contributed by atoms with van der Waals surface area (Å²) in [6, 6.07) is 5.05. The molecule has 1 saturated carbocycles. The van der Waals surface area contributed by atoms with Crippen molar-refractivity contribution in [3.63, 3.8) is 0 Å². The molecule has 0 saturated heterocycles. The molecule has 0 unspecified atom stereocenters. The van der Waals surface area contributed by atoms with Crippen molar-refractivity contribution < 1.29 is 8.42 Å². The van der Waals surface area contributed by atoms with Crippen LogP contribution in [0.1, 0.15) is 37.3 Å². The third-order valence-electron chi connectivity index (χ3n) is 3.71. The van der Waals surface area contributed by atoms with Crippen LogP contribution in [-0.2, 0) is 10.0 Å². The number of nitrogens with two attached hydrogens (primary N) is 1. The van der Waals surface area contributed by atoms with Crippen LogP contribution in [0, 0.1) is 12.8 Å². The second-order valence-corrected chi connectivity index (χ2v) is 8.00. The van der Waals surface area contributed by atoms with Crippen LogP contribution in [-0.4, -0.2) is 30.8 Å². The fourth-order valence-electron chi connectivity index (χ4n) is 2.38. The zero-order valence-corrected chi connectivity index (χ0v) is 14.1. The Labute approximate surface area is 132 Å². The van der Waals surface area contributed by atoms with Crippen molar-refractivity contribution in [1.82, 2.24) is 4.31 Å². The van der Waals surface area contributed by atoms with Crippen LogP contribution >= 0.6 is 12.2 Å². The van der Waals surface area contributed by atoms with Crippen LogP contribution in [0.15, 0.2) is 23.1 Å². The van der Waals surface area contributed by atoms with Gasteiger partial charge in [-0.1, -0.05) is 25.2 Å². The number of nitrogens with zero attached hydrogens (tertiary/aromatic N) is 1. The predicted octanol–water partition coefficient (Wildman–Crippen LogP) is 2.44. The molecule has 116 valence electrons. The van der Waals surface area contributed by atoms with E-state index in [9.17, 15) is 8.42 Å². The van der Waals surface area contributed by atoms with Crippen molar-refractivity contribution in [3.05, 3.63) is 29.3 Å². The van der Waals surface area contributed by atoms with Gasteiger partial charge in [0.1, 0.15) is 4.99 Å². The summed E-state index contributed by atoms with van der Waals surface area (Å²) in [4.78, 5) is 0.641. The first-order valence-electron chi connectivity index (χ1n) is 7.27. The molecule has 1 aliphatic rings. The van der Waals surface area contributed by atoms with Gasteiger partial charge in [-0.3, -0.25) is 0 Å². The molecule has 0 radical (unpaired) electrons. The third-order valence-corrected chi connectivity index (χ3v) is 5.97. The molecule has 1 aliphatic carbocycles. The van der Waals surface area contributed by atoms with E-state index >= 15 is 0 Å². The van der Waals surface area contributed by atoms with Crippen LogP contribution < -0.4 is 5.73 Å². The molecule has 21 heavy (non-hydrogen) atoms. The first-order valence-corrected chi connectivity index (χ1v) is 9.11. The number of rotatable bonds is 7. The number of sulfonamides is 1. The Bertz CT molecular complexity index is 637. The number of hydrogen-bond acceptors (Lipinski definition) is 3. The summed E-state index contributed by atoms with van der Waals surface area (Å²) in [5.74, 6) is 0.530. The van der Waals surface area contributed by atoms with Gasteiger partial charge in [0, 0.05) is 18.7 Å². The van der Waals surface area contributed by atoms with Gasteiger partial charge in [-0.2, -0.15) is 4.31 Å². The summed E-state index contributed by atoms with van der Waals surface area (Å²) in [6.07, 6.45) is 3.08. The monoisotopic (exact) mass is 326 g/mol. The average Bonchev–Trinajstić information content (AvgIpc) is 3.21. The van der Waals surface area contributed by atoms with Crippen molar-refractivity contribution >= 4 is 27.2 Å². The van der Waals surface area contributed by atoms with Crippen molar-refractivity contribution in [1.29, 1.82) is 0 Å². The zero-order valence-electron chi connectivity index (χ0n) is 12.5. The summed E-state index contributed by atoms with van der Waals surface area (Å²) in [5.41, 5.74) is 6.99. The van der Waals surface area contributed by atoms with E-state index in [1.807, 2.05) is 6.92 Å². The Morgan fingerprint density at radius 3 is 2.57 bits per heavy atom. The van der Waals surface area contributed by atoms with E-state index in [1.165, 1.54) is 0 Å². The van der Waals surface area contributed by atoms with Crippen LogP contribution in [0.5, 0.6) is 0 Å². The fourth-order valence-corrected chi connectivity index (χ4v) is 4.32. The molecule has 1 fully saturated rings. The lowest BCUT2D eigenvalue weighted by atomic mass is 10.1. The van der Waals surface area contributed by atoms with Gasteiger partial charge in [0.15, 0.2) is 0 Å². The first kappa shape index (κ1) is 16.4. The normalized spacial score (nSPS) is 15.4. The summed E-state index contributed by atoms with van der Waals surface area (Å²) in [6.45, 7) is 4.98.